The van der Waals surface area contributed by atoms with Crippen LogP contribution < -0.4 is 0 Å². The van der Waals surface area contributed by atoms with Gasteiger partial charge in [-0.25, -0.2) is 0 Å². The molecule has 10 fully saturated rings. The van der Waals surface area contributed by atoms with Crippen molar-refractivity contribution in [2.24, 2.45) is 0 Å². The van der Waals surface area contributed by atoms with Crippen LogP contribution in [-0.4, -0.2) is 11.1 Å². The standard InChI is InChI=1S/C9H9O2.C5H5.Fe/c1-7(9(10)11)6-8-4-2-3-5-8;1-2-4-5-3-1;/h2-6H,1H3,(H,10,11);1-5H;. The molecular weight excluding hydrogens is 256 g/mol. The second kappa shape index (κ2) is 0.475. The van der Waals surface area contributed by atoms with Gasteiger partial charge in [-0.1, -0.05) is 0 Å². The summed E-state index contributed by atoms with van der Waals surface area (Å²) in [6.07, 6.45) is 2.37. The van der Waals surface area contributed by atoms with Crippen molar-refractivity contribution in [2.75, 3.05) is 0 Å². The van der Waals surface area contributed by atoms with E-state index in [1.807, 2.05) is 6.92 Å². The Morgan fingerprint density at radius 3 is 1.76 bits per heavy atom. The van der Waals surface area contributed by atoms with E-state index in [4.69, 9.17) is 0 Å². The third-order valence-electron chi connectivity index (χ3n) is 15.6. The second-order valence-corrected chi connectivity index (χ2v) is 34.5. The Kier molecular flexibility index (Phi) is 0.175. The fraction of sp³-hybridized carbons (Fsp3) is 0.786. The Hall–Kier alpha value is -0.271. The van der Waals surface area contributed by atoms with Gasteiger partial charge in [0, 0.05) is 0 Å². The molecule has 0 amide bonds. The summed E-state index contributed by atoms with van der Waals surface area (Å²) in [7, 11) is 0. The Morgan fingerprint density at radius 1 is 1.06 bits per heavy atom. The summed E-state index contributed by atoms with van der Waals surface area (Å²) in [5.74, 6) is -0.652. The first-order valence-corrected chi connectivity index (χ1v) is 13.3. The molecule has 0 radical (unpaired) electrons. The van der Waals surface area contributed by atoms with Gasteiger partial charge < -0.3 is 0 Å². The van der Waals surface area contributed by atoms with Crippen molar-refractivity contribution in [3.63, 3.8) is 0 Å². The molecule has 10 aliphatic rings. The first-order valence-electron chi connectivity index (χ1n) is 7.01. The zero-order valence-electron chi connectivity index (χ0n) is 9.48. The maximum absolute atomic E-state index is 11.2. The zero-order chi connectivity index (χ0) is 10.9. The molecule has 0 saturated carbocycles. The van der Waals surface area contributed by atoms with Gasteiger partial charge in [0.15, 0.2) is 0 Å². The summed E-state index contributed by atoms with van der Waals surface area (Å²) in [6.45, 7) is -1.15. The van der Waals surface area contributed by atoms with E-state index < -0.39 is 12.5 Å². The van der Waals surface area contributed by atoms with Gasteiger partial charge in [0.2, 0.25) is 0 Å². The van der Waals surface area contributed by atoms with Gasteiger partial charge in [0.25, 0.3) is 0 Å². The SMILES string of the molecule is CC(=C[C]12[CH]3[CH]4[CH]5[CH]1[Fe]45321678[CH]2[CH]1[CH]6[CH]7[CH]28)C(=O)O. The molecular formula is C14H14FeO2. The normalized spacial score (nSPS) is 120. The average Bonchev–Trinajstić information content (AvgIpc) is 3.23. The third kappa shape index (κ3) is 0.0603. The van der Waals surface area contributed by atoms with Crippen LogP contribution >= 0.6 is 0 Å². The quantitative estimate of drug-likeness (QED) is 0.612. The number of hydrogen-bond donors (Lipinski definition) is 1. The fourth-order valence-electron chi connectivity index (χ4n) is 17.1. The van der Waals surface area contributed by atoms with Crippen LogP contribution in [-0.2, 0) is 11.3 Å². The van der Waals surface area contributed by atoms with E-state index in [-0.39, 0.29) is 0 Å². The molecule has 17 heavy (non-hydrogen) atoms. The van der Waals surface area contributed by atoms with E-state index in [1.165, 1.54) is 43.3 Å². The van der Waals surface area contributed by atoms with Gasteiger partial charge >= 0.3 is 88.6 Å². The molecule has 10 heterocycles. The van der Waals surface area contributed by atoms with E-state index in [0.717, 1.165) is 0 Å². The van der Waals surface area contributed by atoms with E-state index in [1.54, 1.807) is 0 Å². The number of allylic oxidation sites excluding steroid dienone is 1. The summed E-state index contributed by atoms with van der Waals surface area (Å²) >= 11 is 0. The minimum atomic E-state index is -3.00. The predicted octanol–water partition coefficient (Wildman–Crippen LogP) is 3.78. The summed E-state index contributed by atoms with van der Waals surface area (Å²) in [5.41, 5.74) is 0.693. The topological polar surface area (TPSA) is 37.3 Å². The van der Waals surface area contributed by atoms with Gasteiger partial charge in [0.05, 0.1) is 0 Å². The van der Waals surface area contributed by atoms with Crippen molar-refractivity contribution in [1.82, 2.24) is 0 Å². The number of rotatable bonds is 2. The van der Waals surface area contributed by atoms with E-state index in [0.29, 0.717) is 9.89 Å². The average molecular weight is 270 g/mol. The second-order valence-electron chi connectivity index (χ2n) is 10.9. The number of aliphatic carboxylic acids is 1. The Labute approximate surface area is 88.7 Å². The van der Waals surface area contributed by atoms with E-state index in [9.17, 15) is 9.90 Å². The number of fused-ring (bicyclic) bond motifs is 10. The van der Waals surface area contributed by atoms with Crippen molar-refractivity contribution in [3.8, 4) is 0 Å². The van der Waals surface area contributed by atoms with E-state index >= 15 is 0 Å². The van der Waals surface area contributed by atoms with Crippen LogP contribution in [0.4, 0.5) is 0 Å². The summed E-state index contributed by atoms with van der Waals surface area (Å²) in [6, 6.07) is 0. The number of carboxylic acids is 1. The Morgan fingerprint density at radius 2 is 1.53 bits per heavy atom. The van der Waals surface area contributed by atoms with Gasteiger partial charge in [-0.3, -0.25) is 0 Å². The summed E-state index contributed by atoms with van der Waals surface area (Å²) < 4.78 is 0.654. The first-order chi connectivity index (χ1) is 7.87. The van der Waals surface area contributed by atoms with Crippen LogP contribution in [0.15, 0.2) is 11.6 Å². The molecule has 0 aromatic heterocycles. The predicted molar refractivity (Wildman–Crippen MR) is 57.8 cm³/mol. The maximum atomic E-state index is 11.2. The number of carbonyl (C=O) groups is 1. The molecule has 90 valence electrons. The van der Waals surface area contributed by atoms with Crippen LogP contribution in [0, 0.1) is 0 Å². The molecule has 1 spiro atoms. The molecule has 0 aliphatic carbocycles. The molecule has 3 heteroatoms. The molecule has 4 atom stereocenters. The molecule has 2 nitrogen and oxygen atoms in total. The van der Waals surface area contributed by atoms with Crippen molar-refractivity contribution in [1.29, 1.82) is 0 Å². The van der Waals surface area contributed by atoms with Crippen molar-refractivity contribution in [2.45, 2.75) is 54.6 Å². The fourth-order valence-corrected chi connectivity index (χ4v) is 90.9. The Bertz CT molecular complexity index is 969. The molecule has 0 bridgehead atoms. The Balaban J connectivity index is 1.59. The first kappa shape index (κ1) is 6.25. The van der Waals surface area contributed by atoms with Crippen molar-refractivity contribution >= 4 is 5.97 Å². The molecule has 4 unspecified atom stereocenters. The molecule has 0 aromatic rings. The van der Waals surface area contributed by atoms with Crippen LogP contribution in [0.2, 0.25) is 47.7 Å². The summed E-state index contributed by atoms with van der Waals surface area (Å²) in [4.78, 5) is 22.7. The van der Waals surface area contributed by atoms with Crippen molar-refractivity contribution in [3.05, 3.63) is 11.6 Å². The molecule has 10 aliphatic heterocycles. The zero-order valence-corrected chi connectivity index (χ0v) is 10.6. The molecule has 1 N–H and O–H groups in total. The van der Waals surface area contributed by atoms with E-state index in [2.05, 4.69) is 6.08 Å². The van der Waals surface area contributed by atoms with Crippen LogP contribution in [0.25, 0.3) is 0 Å². The van der Waals surface area contributed by atoms with Crippen LogP contribution in [0.1, 0.15) is 6.92 Å². The van der Waals surface area contributed by atoms with Gasteiger partial charge in [-0.05, 0) is 0 Å². The van der Waals surface area contributed by atoms with Crippen LogP contribution in [0.5, 0.6) is 0 Å². The summed E-state index contributed by atoms with van der Waals surface area (Å²) in [5, 5.41) is 9.23. The van der Waals surface area contributed by atoms with Crippen molar-refractivity contribution < 1.29 is 16.4 Å². The molecule has 10 saturated heterocycles. The van der Waals surface area contributed by atoms with Crippen LogP contribution in [0.3, 0.4) is 0 Å². The minimum absolute atomic E-state index is 0.652. The number of hydrogen-bond acceptors (Lipinski definition) is 1. The molecule has 10 rings (SSSR count). The molecule has 0 aromatic carbocycles. The monoisotopic (exact) mass is 270 g/mol. The van der Waals surface area contributed by atoms with Gasteiger partial charge in [0.1, 0.15) is 0 Å². The van der Waals surface area contributed by atoms with Gasteiger partial charge in [-0.15, -0.1) is 0 Å². The third-order valence-corrected chi connectivity index (χ3v) is 58.0. The number of carboxylic acid groups (broad SMARTS) is 1. The van der Waals surface area contributed by atoms with Gasteiger partial charge in [-0.2, -0.15) is 0 Å².